The predicted molar refractivity (Wildman–Crippen MR) is 89.9 cm³/mol. The van der Waals surface area contributed by atoms with Crippen LogP contribution in [0.2, 0.25) is 0 Å². The number of hydrogen-bond acceptors (Lipinski definition) is 5. The molecule has 2 aliphatic heterocycles. The van der Waals surface area contributed by atoms with Crippen molar-refractivity contribution in [1.82, 2.24) is 20.3 Å². The van der Waals surface area contributed by atoms with Gasteiger partial charge in [-0.25, -0.2) is 0 Å². The van der Waals surface area contributed by atoms with Gasteiger partial charge in [0.1, 0.15) is 11.4 Å². The highest BCUT2D eigenvalue weighted by atomic mass is 16.5. The molecule has 2 aliphatic rings. The van der Waals surface area contributed by atoms with Gasteiger partial charge in [-0.15, -0.1) is 5.10 Å². The first-order valence-corrected chi connectivity index (χ1v) is 8.68. The fourth-order valence-electron chi connectivity index (χ4n) is 3.73. The number of fused-ring (bicyclic) bond motifs is 1. The second-order valence-electron chi connectivity index (χ2n) is 6.78. The van der Waals surface area contributed by atoms with Gasteiger partial charge in [0.15, 0.2) is 0 Å². The number of hydrogen-bond donors (Lipinski definition) is 1. The van der Waals surface area contributed by atoms with Gasteiger partial charge < -0.3 is 14.8 Å². The van der Waals surface area contributed by atoms with Crippen molar-refractivity contribution in [3.8, 4) is 5.75 Å². The van der Waals surface area contributed by atoms with Crippen LogP contribution in [0.15, 0.2) is 30.5 Å². The summed E-state index contributed by atoms with van der Waals surface area (Å²) in [6, 6.07) is 8.70. The molecule has 1 unspecified atom stereocenters. The average Bonchev–Trinajstić information content (AvgIpc) is 3.01. The van der Waals surface area contributed by atoms with Crippen LogP contribution in [0, 0.1) is 0 Å². The number of rotatable bonds is 4. The number of para-hydroxylation sites is 1. The lowest BCUT2D eigenvalue weighted by Gasteiger charge is -2.44. The Kier molecular flexibility index (Phi) is 4.24. The summed E-state index contributed by atoms with van der Waals surface area (Å²) >= 11 is 0. The van der Waals surface area contributed by atoms with Crippen LogP contribution in [-0.2, 0) is 18.2 Å². The first-order chi connectivity index (χ1) is 11.7. The fourth-order valence-corrected chi connectivity index (χ4v) is 3.73. The summed E-state index contributed by atoms with van der Waals surface area (Å²) in [4.78, 5) is 0. The normalized spacial score (nSPS) is 22.1. The summed E-state index contributed by atoms with van der Waals surface area (Å²) in [5.74, 6) is 1.02. The molecule has 24 heavy (non-hydrogen) atoms. The molecule has 2 aromatic rings. The third-order valence-electron chi connectivity index (χ3n) is 5.02. The minimum atomic E-state index is -0.0865. The number of nitrogens with zero attached hydrogens (tertiary/aromatic N) is 3. The third kappa shape index (κ3) is 3.16. The smallest absolute Gasteiger partial charge is 0.124 e. The molecule has 1 saturated heterocycles. The zero-order chi connectivity index (χ0) is 16.4. The minimum Gasteiger partial charge on any atom is -0.487 e. The third-order valence-corrected chi connectivity index (χ3v) is 5.02. The maximum atomic E-state index is 6.41. The SMILES string of the molecule is Cn1cc(CCNC2CC3(CCOCC3)Oc3ccccc32)nn1. The van der Waals surface area contributed by atoms with Gasteiger partial charge in [0.05, 0.1) is 18.9 Å². The summed E-state index contributed by atoms with van der Waals surface area (Å²) in [6.07, 6.45) is 5.77. The van der Waals surface area contributed by atoms with E-state index in [1.807, 2.05) is 19.3 Å². The first-order valence-electron chi connectivity index (χ1n) is 8.68. The molecule has 1 aromatic heterocycles. The van der Waals surface area contributed by atoms with E-state index in [1.54, 1.807) is 4.68 Å². The van der Waals surface area contributed by atoms with Crippen molar-refractivity contribution in [2.75, 3.05) is 19.8 Å². The monoisotopic (exact) mass is 328 g/mol. The molecular weight excluding hydrogens is 304 g/mol. The van der Waals surface area contributed by atoms with E-state index in [0.717, 1.165) is 56.9 Å². The van der Waals surface area contributed by atoms with Crippen LogP contribution in [0.4, 0.5) is 0 Å². The van der Waals surface area contributed by atoms with E-state index in [1.165, 1.54) is 5.56 Å². The van der Waals surface area contributed by atoms with E-state index in [-0.39, 0.29) is 5.60 Å². The lowest BCUT2D eigenvalue weighted by Crippen LogP contribution is -2.48. The Hall–Kier alpha value is -1.92. The average molecular weight is 328 g/mol. The lowest BCUT2D eigenvalue weighted by atomic mass is 9.82. The van der Waals surface area contributed by atoms with Crippen LogP contribution in [0.5, 0.6) is 5.75 Å². The molecule has 0 amide bonds. The lowest BCUT2D eigenvalue weighted by molar-refractivity contribution is -0.0645. The van der Waals surface area contributed by atoms with E-state index < -0.39 is 0 Å². The van der Waals surface area contributed by atoms with Crippen LogP contribution < -0.4 is 10.1 Å². The molecule has 6 heteroatoms. The molecule has 0 radical (unpaired) electrons. The van der Waals surface area contributed by atoms with Crippen LogP contribution in [0.1, 0.15) is 36.6 Å². The van der Waals surface area contributed by atoms with Gasteiger partial charge in [-0.2, -0.15) is 0 Å². The number of ether oxygens (including phenoxy) is 2. The maximum Gasteiger partial charge on any atom is 0.124 e. The Morgan fingerprint density at radius 1 is 1.29 bits per heavy atom. The van der Waals surface area contributed by atoms with Crippen molar-refractivity contribution in [2.45, 2.75) is 37.3 Å². The number of aryl methyl sites for hydroxylation is 1. The Bertz CT molecular complexity index is 694. The second-order valence-corrected chi connectivity index (χ2v) is 6.78. The topological polar surface area (TPSA) is 61.2 Å². The number of aromatic nitrogens is 3. The molecule has 128 valence electrons. The fraction of sp³-hybridized carbons (Fsp3) is 0.556. The summed E-state index contributed by atoms with van der Waals surface area (Å²) < 4.78 is 13.7. The minimum absolute atomic E-state index is 0.0865. The Labute approximate surface area is 142 Å². The van der Waals surface area contributed by atoms with Crippen LogP contribution in [0.3, 0.4) is 0 Å². The molecule has 1 aromatic carbocycles. The molecule has 1 N–H and O–H groups in total. The molecule has 0 bridgehead atoms. The zero-order valence-electron chi connectivity index (χ0n) is 14.1. The van der Waals surface area contributed by atoms with Gasteiger partial charge in [0.2, 0.25) is 0 Å². The highest BCUT2D eigenvalue weighted by Gasteiger charge is 2.41. The Morgan fingerprint density at radius 3 is 2.92 bits per heavy atom. The number of nitrogens with one attached hydrogen (secondary N) is 1. The molecule has 0 saturated carbocycles. The zero-order valence-corrected chi connectivity index (χ0v) is 14.1. The van der Waals surface area contributed by atoms with E-state index in [9.17, 15) is 0 Å². The molecule has 1 spiro atoms. The Morgan fingerprint density at radius 2 is 2.12 bits per heavy atom. The van der Waals surface area contributed by atoms with E-state index in [4.69, 9.17) is 9.47 Å². The quantitative estimate of drug-likeness (QED) is 0.930. The standard InChI is InChI=1S/C18H24N4O2/c1-22-13-14(20-21-22)6-9-19-16-12-18(7-10-23-11-8-18)24-17-5-3-2-4-15(16)17/h2-5,13,16,19H,6-12H2,1H3. The van der Waals surface area contributed by atoms with Gasteiger partial charge in [0.25, 0.3) is 0 Å². The summed E-state index contributed by atoms with van der Waals surface area (Å²) in [6.45, 7) is 2.45. The molecule has 1 atom stereocenters. The van der Waals surface area contributed by atoms with Gasteiger partial charge in [-0.3, -0.25) is 4.68 Å². The van der Waals surface area contributed by atoms with Gasteiger partial charge >= 0.3 is 0 Å². The second kappa shape index (κ2) is 6.53. The van der Waals surface area contributed by atoms with Crippen molar-refractivity contribution in [2.24, 2.45) is 7.05 Å². The summed E-state index contributed by atoms with van der Waals surface area (Å²) in [5, 5.41) is 11.9. The van der Waals surface area contributed by atoms with E-state index >= 15 is 0 Å². The Balaban J connectivity index is 1.48. The molecule has 6 nitrogen and oxygen atoms in total. The number of benzene rings is 1. The first kappa shape index (κ1) is 15.6. The highest BCUT2D eigenvalue weighted by molar-refractivity contribution is 5.39. The maximum absolute atomic E-state index is 6.41. The predicted octanol–water partition coefficient (Wildman–Crippen LogP) is 2.02. The largest absolute Gasteiger partial charge is 0.487 e. The van der Waals surface area contributed by atoms with Crippen LogP contribution in [-0.4, -0.2) is 40.4 Å². The summed E-state index contributed by atoms with van der Waals surface area (Å²) in [7, 11) is 1.90. The van der Waals surface area contributed by atoms with E-state index in [2.05, 4.69) is 33.8 Å². The molecule has 1 fully saturated rings. The molecular formula is C18H24N4O2. The van der Waals surface area contributed by atoms with Gasteiger partial charge in [-0.05, 0) is 6.07 Å². The molecule has 0 aliphatic carbocycles. The van der Waals surface area contributed by atoms with Crippen LogP contribution in [0.25, 0.3) is 0 Å². The highest BCUT2D eigenvalue weighted by Crippen LogP contribution is 2.43. The van der Waals surface area contributed by atoms with Crippen molar-refractivity contribution in [3.63, 3.8) is 0 Å². The van der Waals surface area contributed by atoms with Crippen LogP contribution >= 0.6 is 0 Å². The van der Waals surface area contributed by atoms with Crippen molar-refractivity contribution in [3.05, 3.63) is 41.7 Å². The van der Waals surface area contributed by atoms with Gasteiger partial charge in [0, 0.05) is 57.1 Å². The molecule has 4 rings (SSSR count). The van der Waals surface area contributed by atoms with E-state index in [0.29, 0.717) is 6.04 Å². The van der Waals surface area contributed by atoms with Crippen molar-refractivity contribution < 1.29 is 9.47 Å². The van der Waals surface area contributed by atoms with Gasteiger partial charge in [-0.1, -0.05) is 23.4 Å². The summed E-state index contributed by atoms with van der Waals surface area (Å²) in [5.41, 5.74) is 2.19. The van der Waals surface area contributed by atoms with Crippen molar-refractivity contribution in [1.29, 1.82) is 0 Å². The molecule has 3 heterocycles. The van der Waals surface area contributed by atoms with Crippen molar-refractivity contribution >= 4 is 0 Å².